The van der Waals surface area contributed by atoms with Crippen LogP contribution in [0.4, 0.5) is 0 Å². The highest BCUT2D eigenvalue weighted by Crippen LogP contribution is 2.20. The van der Waals surface area contributed by atoms with E-state index in [0.717, 1.165) is 22.2 Å². The Morgan fingerprint density at radius 1 is 1.25 bits per heavy atom. The molecule has 1 aromatic carbocycles. The zero-order valence-electron chi connectivity index (χ0n) is 14.5. The summed E-state index contributed by atoms with van der Waals surface area (Å²) in [4.78, 5) is 16.9. The van der Waals surface area contributed by atoms with Crippen molar-refractivity contribution in [3.05, 3.63) is 41.1 Å². The SMILES string of the molecule is Cc1ccc2nc(C)cc(C(=O)NCCCN(C)S(C)(=O)=O)c2c1. The summed E-state index contributed by atoms with van der Waals surface area (Å²) >= 11 is 0. The van der Waals surface area contributed by atoms with E-state index in [9.17, 15) is 13.2 Å². The van der Waals surface area contributed by atoms with Gasteiger partial charge in [0.05, 0.1) is 17.3 Å². The topological polar surface area (TPSA) is 79.4 Å². The van der Waals surface area contributed by atoms with Gasteiger partial charge in [0.1, 0.15) is 0 Å². The number of sulfonamides is 1. The van der Waals surface area contributed by atoms with Crippen molar-refractivity contribution in [2.24, 2.45) is 0 Å². The van der Waals surface area contributed by atoms with E-state index in [1.54, 1.807) is 6.07 Å². The monoisotopic (exact) mass is 349 g/mol. The van der Waals surface area contributed by atoms with E-state index < -0.39 is 10.0 Å². The fourth-order valence-corrected chi connectivity index (χ4v) is 2.89. The number of pyridine rings is 1. The lowest BCUT2D eigenvalue weighted by Crippen LogP contribution is -2.31. The third-order valence-electron chi connectivity index (χ3n) is 3.84. The Morgan fingerprint density at radius 2 is 1.96 bits per heavy atom. The van der Waals surface area contributed by atoms with Crippen molar-refractivity contribution >= 4 is 26.8 Å². The molecule has 0 saturated carbocycles. The molecule has 1 aromatic heterocycles. The third kappa shape index (κ3) is 4.52. The minimum absolute atomic E-state index is 0.168. The highest BCUT2D eigenvalue weighted by molar-refractivity contribution is 7.88. The van der Waals surface area contributed by atoms with Crippen LogP contribution in [0, 0.1) is 13.8 Å². The Morgan fingerprint density at radius 3 is 2.62 bits per heavy atom. The van der Waals surface area contributed by atoms with E-state index in [2.05, 4.69) is 10.3 Å². The molecule has 0 radical (unpaired) electrons. The van der Waals surface area contributed by atoms with Crippen molar-refractivity contribution < 1.29 is 13.2 Å². The largest absolute Gasteiger partial charge is 0.352 e. The smallest absolute Gasteiger partial charge is 0.252 e. The highest BCUT2D eigenvalue weighted by Gasteiger charge is 2.13. The van der Waals surface area contributed by atoms with Crippen molar-refractivity contribution in [1.82, 2.24) is 14.6 Å². The summed E-state index contributed by atoms with van der Waals surface area (Å²) < 4.78 is 23.9. The van der Waals surface area contributed by atoms with E-state index in [4.69, 9.17) is 0 Å². The summed E-state index contributed by atoms with van der Waals surface area (Å²) in [7, 11) is -1.66. The van der Waals surface area contributed by atoms with Crippen LogP contribution in [0.5, 0.6) is 0 Å². The molecular formula is C17H23N3O3S. The molecule has 0 spiro atoms. The number of nitrogens with zero attached hydrogens (tertiary/aromatic N) is 2. The van der Waals surface area contributed by atoms with Crippen LogP contribution in [0.15, 0.2) is 24.3 Å². The van der Waals surface area contributed by atoms with Gasteiger partial charge in [0, 0.05) is 31.2 Å². The van der Waals surface area contributed by atoms with Gasteiger partial charge in [-0.2, -0.15) is 0 Å². The van der Waals surface area contributed by atoms with Gasteiger partial charge in [-0.3, -0.25) is 9.78 Å². The molecule has 6 nitrogen and oxygen atoms in total. The van der Waals surface area contributed by atoms with Gasteiger partial charge in [-0.15, -0.1) is 0 Å². The fraction of sp³-hybridized carbons (Fsp3) is 0.412. The molecule has 24 heavy (non-hydrogen) atoms. The predicted octanol–water partition coefficient (Wildman–Crippen LogP) is 1.86. The molecule has 1 N–H and O–H groups in total. The van der Waals surface area contributed by atoms with Crippen molar-refractivity contribution in [2.45, 2.75) is 20.3 Å². The van der Waals surface area contributed by atoms with E-state index in [-0.39, 0.29) is 5.91 Å². The number of nitrogens with one attached hydrogen (secondary N) is 1. The van der Waals surface area contributed by atoms with Gasteiger partial charge < -0.3 is 5.32 Å². The zero-order valence-corrected chi connectivity index (χ0v) is 15.3. The number of hydrogen-bond donors (Lipinski definition) is 1. The lowest BCUT2D eigenvalue weighted by atomic mass is 10.0. The molecule has 0 aliphatic carbocycles. The first kappa shape index (κ1) is 18.4. The molecule has 130 valence electrons. The van der Waals surface area contributed by atoms with Gasteiger partial charge in [-0.25, -0.2) is 12.7 Å². The standard InChI is InChI=1S/C17H23N3O3S/c1-12-6-7-16-14(10-12)15(11-13(2)19-16)17(21)18-8-5-9-20(3)24(4,22)23/h6-7,10-11H,5,8-9H2,1-4H3,(H,18,21). The first-order valence-corrected chi connectivity index (χ1v) is 9.61. The summed E-state index contributed by atoms with van der Waals surface area (Å²) in [6.45, 7) is 4.61. The maximum Gasteiger partial charge on any atom is 0.252 e. The van der Waals surface area contributed by atoms with E-state index >= 15 is 0 Å². The molecule has 1 heterocycles. The van der Waals surface area contributed by atoms with Crippen LogP contribution in [0.1, 0.15) is 28.0 Å². The molecule has 0 fully saturated rings. The van der Waals surface area contributed by atoms with Gasteiger partial charge in [-0.1, -0.05) is 11.6 Å². The number of aromatic nitrogens is 1. The summed E-state index contributed by atoms with van der Waals surface area (Å²) in [6, 6.07) is 7.61. The van der Waals surface area contributed by atoms with Crippen LogP contribution < -0.4 is 5.32 Å². The first-order chi connectivity index (χ1) is 11.2. The summed E-state index contributed by atoms with van der Waals surface area (Å²) in [5, 5.41) is 3.68. The second-order valence-corrected chi connectivity index (χ2v) is 8.12. The molecule has 7 heteroatoms. The van der Waals surface area contributed by atoms with Crippen molar-refractivity contribution in [3.63, 3.8) is 0 Å². The number of rotatable bonds is 6. The highest BCUT2D eigenvalue weighted by atomic mass is 32.2. The minimum atomic E-state index is -3.18. The Balaban J connectivity index is 2.08. The lowest BCUT2D eigenvalue weighted by molar-refractivity contribution is 0.0954. The van der Waals surface area contributed by atoms with E-state index in [0.29, 0.717) is 25.1 Å². The minimum Gasteiger partial charge on any atom is -0.352 e. The predicted molar refractivity (Wildman–Crippen MR) is 95.6 cm³/mol. The zero-order chi connectivity index (χ0) is 17.9. The van der Waals surface area contributed by atoms with Crippen LogP contribution in [0.2, 0.25) is 0 Å². The first-order valence-electron chi connectivity index (χ1n) is 7.76. The second kappa shape index (κ2) is 7.27. The molecule has 1 amide bonds. The molecule has 2 rings (SSSR count). The molecule has 0 aliphatic rings. The summed E-state index contributed by atoms with van der Waals surface area (Å²) in [5.74, 6) is -0.168. The third-order valence-corrected chi connectivity index (χ3v) is 5.15. The fourth-order valence-electron chi connectivity index (χ4n) is 2.42. The Bertz CT molecular complexity index is 863. The molecule has 0 unspecified atom stereocenters. The van der Waals surface area contributed by atoms with Crippen LogP contribution in [0.25, 0.3) is 10.9 Å². The number of aryl methyl sites for hydroxylation is 2. The number of carbonyl (C=O) groups is 1. The van der Waals surface area contributed by atoms with Gasteiger partial charge in [-0.05, 0) is 38.5 Å². The molecule has 0 atom stereocenters. The van der Waals surface area contributed by atoms with Crippen molar-refractivity contribution in [3.8, 4) is 0 Å². The number of amides is 1. The molecule has 0 bridgehead atoms. The Labute approximate surface area is 142 Å². The Kier molecular flexibility index (Phi) is 5.56. The second-order valence-electron chi connectivity index (χ2n) is 6.03. The molecule has 0 aliphatic heterocycles. The maximum atomic E-state index is 12.5. The van der Waals surface area contributed by atoms with Crippen LogP contribution in [-0.4, -0.2) is 50.0 Å². The average molecular weight is 349 g/mol. The maximum absolute atomic E-state index is 12.5. The molecule has 0 saturated heterocycles. The Hall–Kier alpha value is -1.99. The van der Waals surface area contributed by atoms with E-state index in [1.165, 1.54) is 17.6 Å². The number of hydrogen-bond acceptors (Lipinski definition) is 4. The quantitative estimate of drug-likeness (QED) is 0.808. The van der Waals surface area contributed by atoms with Gasteiger partial charge >= 0.3 is 0 Å². The summed E-state index contributed by atoms with van der Waals surface area (Å²) in [6.07, 6.45) is 1.72. The average Bonchev–Trinajstić information content (AvgIpc) is 2.49. The summed E-state index contributed by atoms with van der Waals surface area (Å²) in [5.41, 5.74) is 3.24. The van der Waals surface area contributed by atoms with Crippen LogP contribution in [0.3, 0.4) is 0 Å². The van der Waals surface area contributed by atoms with Crippen molar-refractivity contribution in [1.29, 1.82) is 0 Å². The van der Waals surface area contributed by atoms with Gasteiger partial charge in [0.2, 0.25) is 10.0 Å². The van der Waals surface area contributed by atoms with Crippen LogP contribution >= 0.6 is 0 Å². The van der Waals surface area contributed by atoms with Crippen LogP contribution in [-0.2, 0) is 10.0 Å². The number of fused-ring (bicyclic) bond motifs is 1. The van der Waals surface area contributed by atoms with Crippen molar-refractivity contribution in [2.75, 3.05) is 26.4 Å². The lowest BCUT2D eigenvalue weighted by Gasteiger charge is -2.14. The molecule has 2 aromatic rings. The number of benzene rings is 1. The number of carbonyl (C=O) groups excluding carboxylic acids is 1. The normalized spacial score (nSPS) is 11.9. The van der Waals surface area contributed by atoms with Gasteiger partial charge in [0.25, 0.3) is 5.91 Å². The van der Waals surface area contributed by atoms with E-state index in [1.807, 2.05) is 32.0 Å². The molecular weight excluding hydrogens is 326 g/mol. The van der Waals surface area contributed by atoms with Gasteiger partial charge in [0.15, 0.2) is 0 Å².